The highest BCUT2D eigenvalue weighted by atomic mass is 32.1. The van der Waals surface area contributed by atoms with E-state index < -0.39 is 0 Å². The van der Waals surface area contributed by atoms with Crippen LogP contribution in [0.3, 0.4) is 0 Å². The van der Waals surface area contributed by atoms with Crippen molar-refractivity contribution in [1.82, 2.24) is 10.3 Å². The van der Waals surface area contributed by atoms with Crippen LogP contribution in [0, 0.1) is 12.8 Å². The number of aryl methyl sites for hydroxylation is 1. The van der Waals surface area contributed by atoms with Crippen molar-refractivity contribution in [3.63, 3.8) is 0 Å². The van der Waals surface area contributed by atoms with Crippen molar-refractivity contribution < 1.29 is 18.7 Å². The van der Waals surface area contributed by atoms with Gasteiger partial charge in [0, 0.05) is 5.38 Å². The summed E-state index contributed by atoms with van der Waals surface area (Å²) in [5, 5.41) is 5.84. The molecule has 1 aliphatic rings. The normalized spacial score (nSPS) is 14.1. The number of ether oxygens (including phenoxy) is 2. The van der Waals surface area contributed by atoms with Gasteiger partial charge in [0.05, 0.1) is 18.2 Å². The standard InChI is InChI=1S/C22H24N2O4S/c1-13(2)21(15-5-7-17-19(10-15)27-9-8-26-17)24-20(25)11-16-12-29-22(23-16)18-6-4-14(3)28-18/h4-7,10,12-13,21H,8-9,11H2,1-3H3,(H,24,25). The van der Waals surface area contributed by atoms with E-state index in [-0.39, 0.29) is 24.3 Å². The molecule has 0 radical (unpaired) electrons. The lowest BCUT2D eigenvalue weighted by Gasteiger charge is -2.25. The Morgan fingerprint density at radius 1 is 1.17 bits per heavy atom. The quantitative estimate of drug-likeness (QED) is 0.643. The second kappa shape index (κ2) is 8.29. The zero-order valence-corrected chi connectivity index (χ0v) is 17.5. The zero-order valence-electron chi connectivity index (χ0n) is 16.7. The summed E-state index contributed by atoms with van der Waals surface area (Å²) in [5.41, 5.74) is 1.74. The van der Waals surface area contributed by atoms with E-state index in [1.54, 1.807) is 0 Å². The number of carbonyl (C=O) groups is 1. The van der Waals surface area contributed by atoms with Crippen LogP contribution in [-0.2, 0) is 11.2 Å². The topological polar surface area (TPSA) is 73.6 Å². The van der Waals surface area contributed by atoms with Gasteiger partial charge in [-0.3, -0.25) is 4.79 Å². The van der Waals surface area contributed by atoms with Crippen LogP contribution in [0.1, 0.15) is 36.9 Å². The van der Waals surface area contributed by atoms with Gasteiger partial charge in [0.25, 0.3) is 0 Å². The highest BCUT2D eigenvalue weighted by Crippen LogP contribution is 2.34. The van der Waals surface area contributed by atoms with Gasteiger partial charge in [0.15, 0.2) is 22.3 Å². The summed E-state index contributed by atoms with van der Waals surface area (Å²) in [6.45, 7) is 7.17. The molecule has 1 unspecified atom stereocenters. The Bertz CT molecular complexity index is 1010. The third-order valence-electron chi connectivity index (χ3n) is 4.75. The van der Waals surface area contributed by atoms with Crippen LogP contribution in [0.4, 0.5) is 0 Å². The van der Waals surface area contributed by atoms with Gasteiger partial charge in [-0.05, 0) is 42.7 Å². The largest absolute Gasteiger partial charge is 0.486 e. The van der Waals surface area contributed by atoms with Crippen LogP contribution in [0.25, 0.3) is 10.8 Å². The molecule has 29 heavy (non-hydrogen) atoms. The number of carbonyl (C=O) groups excluding carboxylic acids is 1. The second-order valence-electron chi connectivity index (χ2n) is 7.42. The Hall–Kier alpha value is -2.80. The maximum absolute atomic E-state index is 12.7. The SMILES string of the molecule is Cc1ccc(-c2nc(CC(=O)NC(c3ccc4c(c3)OCCO4)C(C)C)cs2)o1. The first-order chi connectivity index (χ1) is 14.0. The summed E-state index contributed by atoms with van der Waals surface area (Å²) in [7, 11) is 0. The number of thiazole rings is 1. The fourth-order valence-electron chi connectivity index (χ4n) is 3.33. The summed E-state index contributed by atoms with van der Waals surface area (Å²) in [5.74, 6) is 3.21. The zero-order chi connectivity index (χ0) is 20.4. The van der Waals surface area contributed by atoms with E-state index in [1.165, 1.54) is 11.3 Å². The summed E-state index contributed by atoms with van der Waals surface area (Å²) < 4.78 is 16.9. The van der Waals surface area contributed by atoms with E-state index in [2.05, 4.69) is 24.1 Å². The van der Waals surface area contributed by atoms with Gasteiger partial charge in [-0.25, -0.2) is 4.98 Å². The molecule has 1 amide bonds. The lowest BCUT2D eigenvalue weighted by Crippen LogP contribution is -2.33. The number of aromatic nitrogens is 1. The number of hydrogen-bond acceptors (Lipinski definition) is 6. The highest BCUT2D eigenvalue weighted by Gasteiger charge is 2.22. The Balaban J connectivity index is 1.45. The lowest BCUT2D eigenvalue weighted by atomic mass is 9.95. The van der Waals surface area contributed by atoms with E-state index in [4.69, 9.17) is 13.9 Å². The van der Waals surface area contributed by atoms with E-state index in [1.807, 2.05) is 42.6 Å². The maximum Gasteiger partial charge on any atom is 0.226 e. The molecule has 0 aliphatic carbocycles. The van der Waals surface area contributed by atoms with Crippen molar-refractivity contribution >= 4 is 17.2 Å². The molecule has 0 spiro atoms. The van der Waals surface area contributed by atoms with Gasteiger partial charge in [-0.2, -0.15) is 0 Å². The number of furan rings is 1. The Morgan fingerprint density at radius 3 is 2.69 bits per heavy atom. The van der Waals surface area contributed by atoms with Gasteiger partial charge < -0.3 is 19.2 Å². The van der Waals surface area contributed by atoms with Gasteiger partial charge in [0.1, 0.15) is 19.0 Å². The molecule has 1 aromatic carbocycles. The summed E-state index contributed by atoms with van der Waals surface area (Å²) in [4.78, 5) is 17.3. The lowest BCUT2D eigenvalue weighted by molar-refractivity contribution is -0.121. The Labute approximate surface area is 173 Å². The number of rotatable bonds is 6. The molecule has 1 atom stereocenters. The first kappa shape index (κ1) is 19.5. The number of benzene rings is 1. The number of nitrogens with one attached hydrogen (secondary N) is 1. The molecule has 1 aliphatic heterocycles. The molecule has 0 fully saturated rings. The monoisotopic (exact) mass is 412 g/mol. The van der Waals surface area contributed by atoms with E-state index in [9.17, 15) is 4.79 Å². The van der Waals surface area contributed by atoms with Crippen LogP contribution in [-0.4, -0.2) is 24.1 Å². The number of fused-ring (bicyclic) bond motifs is 1. The molecule has 6 nitrogen and oxygen atoms in total. The van der Waals surface area contributed by atoms with Crippen LogP contribution in [0.15, 0.2) is 40.1 Å². The maximum atomic E-state index is 12.7. The fourth-order valence-corrected chi connectivity index (χ4v) is 4.11. The van der Waals surface area contributed by atoms with Gasteiger partial charge in [-0.15, -0.1) is 11.3 Å². The van der Waals surface area contributed by atoms with Crippen molar-refractivity contribution in [3.05, 3.63) is 52.7 Å². The molecule has 0 bridgehead atoms. The second-order valence-corrected chi connectivity index (χ2v) is 8.28. The predicted molar refractivity (Wildman–Crippen MR) is 111 cm³/mol. The first-order valence-electron chi connectivity index (χ1n) is 9.69. The average molecular weight is 413 g/mol. The third-order valence-corrected chi connectivity index (χ3v) is 5.66. The van der Waals surface area contributed by atoms with Gasteiger partial charge in [-0.1, -0.05) is 19.9 Å². The minimum atomic E-state index is -0.121. The van der Waals surface area contributed by atoms with Crippen LogP contribution in [0.5, 0.6) is 11.5 Å². The molecule has 3 heterocycles. The summed E-state index contributed by atoms with van der Waals surface area (Å²) in [6, 6.07) is 9.53. The Morgan fingerprint density at radius 2 is 1.97 bits per heavy atom. The molecule has 0 saturated heterocycles. The van der Waals surface area contributed by atoms with Gasteiger partial charge in [0.2, 0.25) is 5.91 Å². The highest BCUT2D eigenvalue weighted by molar-refractivity contribution is 7.13. The number of hydrogen-bond donors (Lipinski definition) is 1. The first-order valence-corrected chi connectivity index (χ1v) is 10.6. The van der Waals surface area contributed by atoms with Gasteiger partial charge >= 0.3 is 0 Å². The summed E-state index contributed by atoms with van der Waals surface area (Å²) in [6.07, 6.45) is 0.226. The molecule has 7 heteroatoms. The molecule has 4 rings (SSSR count). The molecular weight excluding hydrogens is 388 g/mol. The van der Waals surface area contributed by atoms with Crippen LogP contribution < -0.4 is 14.8 Å². The van der Waals surface area contributed by atoms with E-state index in [0.717, 1.165) is 39.3 Å². The molecule has 1 N–H and O–H groups in total. The van der Waals surface area contributed by atoms with Crippen molar-refractivity contribution in [2.75, 3.05) is 13.2 Å². The number of amides is 1. The molecule has 152 valence electrons. The van der Waals surface area contributed by atoms with Crippen molar-refractivity contribution in [2.45, 2.75) is 33.2 Å². The minimum absolute atomic E-state index is 0.0638. The number of nitrogens with zero attached hydrogens (tertiary/aromatic N) is 1. The third kappa shape index (κ3) is 4.45. The minimum Gasteiger partial charge on any atom is -0.486 e. The van der Waals surface area contributed by atoms with Crippen molar-refractivity contribution in [2.24, 2.45) is 5.92 Å². The smallest absolute Gasteiger partial charge is 0.226 e. The molecule has 2 aromatic heterocycles. The molecular formula is C22H24N2O4S. The fraction of sp³-hybridized carbons (Fsp3) is 0.364. The average Bonchev–Trinajstić information content (AvgIpc) is 3.34. The molecule has 0 saturated carbocycles. The van der Waals surface area contributed by atoms with E-state index >= 15 is 0 Å². The molecule has 3 aromatic rings. The predicted octanol–water partition coefficient (Wildman–Crippen LogP) is 4.54. The summed E-state index contributed by atoms with van der Waals surface area (Å²) >= 11 is 1.48. The van der Waals surface area contributed by atoms with Crippen molar-refractivity contribution in [3.8, 4) is 22.3 Å². The van der Waals surface area contributed by atoms with E-state index in [0.29, 0.717) is 13.2 Å². The van der Waals surface area contributed by atoms with Crippen molar-refractivity contribution in [1.29, 1.82) is 0 Å². The van der Waals surface area contributed by atoms with Crippen LogP contribution >= 0.6 is 11.3 Å². The Kier molecular flexibility index (Phi) is 5.58. The van der Waals surface area contributed by atoms with Crippen LogP contribution in [0.2, 0.25) is 0 Å².